The number of phenolic OH excluding ortho intramolecular Hbond substituents is 1. The maximum atomic E-state index is 11.6. The van der Waals surface area contributed by atoms with E-state index in [0.717, 1.165) is 0 Å². The Hall–Kier alpha value is -1.75. The quantitative estimate of drug-likeness (QED) is 0.697. The van der Waals surface area contributed by atoms with E-state index < -0.39 is 0 Å². The van der Waals surface area contributed by atoms with Gasteiger partial charge in [-0.05, 0) is 25.1 Å². The summed E-state index contributed by atoms with van der Waals surface area (Å²) >= 11 is 0. The highest BCUT2D eigenvalue weighted by molar-refractivity contribution is 5.95. The molecule has 0 heterocycles. The van der Waals surface area contributed by atoms with E-state index in [1.54, 1.807) is 6.92 Å². The lowest BCUT2D eigenvalue weighted by atomic mass is 10.2. The fourth-order valence-corrected chi connectivity index (χ4v) is 1.18. The van der Waals surface area contributed by atoms with E-state index in [2.05, 4.69) is 5.32 Å². The van der Waals surface area contributed by atoms with Crippen molar-refractivity contribution in [2.24, 2.45) is 0 Å². The van der Waals surface area contributed by atoms with Gasteiger partial charge in [-0.25, -0.2) is 0 Å². The maximum absolute atomic E-state index is 11.6. The molecule has 5 heteroatoms. The minimum Gasteiger partial charge on any atom is -0.504 e. The number of carbonyl (C=O) groups is 1. The smallest absolute Gasteiger partial charge is 0.251 e. The van der Waals surface area contributed by atoms with E-state index >= 15 is 0 Å². The largest absolute Gasteiger partial charge is 0.504 e. The van der Waals surface area contributed by atoms with Crippen molar-refractivity contribution in [1.82, 2.24) is 5.32 Å². The van der Waals surface area contributed by atoms with E-state index in [-0.39, 0.29) is 24.3 Å². The predicted molar refractivity (Wildman–Crippen MR) is 58.7 cm³/mol. The molecular formula is C11H15NO4. The van der Waals surface area contributed by atoms with Crippen LogP contribution in [0.15, 0.2) is 18.2 Å². The molecule has 1 aromatic carbocycles. The minimum absolute atomic E-state index is 0.0909. The number of ether oxygens (including phenoxy) is 1. The zero-order chi connectivity index (χ0) is 12.1. The van der Waals surface area contributed by atoms with Crippen molar-refractivity contribution in [1.29, 1.82) is 0 Å². The molecule has 0 unspecified atom stereocenters. The van der Waals surface area contributed by atoms with Crippen molar-refractivity contribution in [2.45, 2.75) is 13.0 Å². The lowest BCUT2D eigenvalue weighted by Crippen LogP contribution is -2.34. The third-order valence-corrected chi connectivity index (χ3v) is 2.09. The number of phenols is 1. The van der Waals surface area contributed by atoms with Crippen molar-refractivity contribution >= 4 is 5.91 Å². The highest BCUT2D eigenvalue weighted by atomic mass is 16.5. The first-order valence-corrected chi connectivity index (χ1v) is 4.87. The molecule has 0 saturated heterocycles. The molecule has 0 spiro atoms. The van der Waals surface area contributed by atoms with Gasteiger partial charge in [0.15, 0.2) is 11.5 Å². The second kappa shape index (κ2) is 5.37. The van der Waals surface area contributed by atoms with Crippen LogP contribution >= 0.6 is 0 Å². The molecule has 0 aromatic heterocycles. The van der Waals surface area contributed by atoms with E-state index in [0.29, 0.717) is 11.3 Å². The van der Waals surface area contributed by atoms with E-state index in [9.17, 15) is 9.90 Å². The Balaban J connectivity index is 2.81. The van der Waals surface area contributed by atoms with Gasteiger partial charge in [-0.2, -0.15) is 0 Å². The Bertz CT molecular complexity index is 378. The summed E-state index contributed by atoms with van der Waals surface area (Å²) in [5.41, 5.74) is 0.318. The molecule has 0 aliphatic carbocycles. The van der Waals surface area contributed by atoms with Gasteiger partial charge < -0.3 is 20.3 Å². The number of hydrogen-bond donors (Lipinski definition) is 3. The Morgan fingerprint density at radius 1 is 1.56 bits per heavy atom. The molecular weight excluding hydrogens is 210 g/mol. The Morgan fingerprint density at radius 3 is 2.75 bits per heavy atom. The first kappa shape index (κ1) is 12.3. The third kappa shape index (κ3) is 2.87. The van der Waals surface area contributed by atoms with Gasteiger partial charge in [-0.15, -0.1) is 0 Å². The topological polar surface area (TPSA) is 78.8 Å². The number of nitrogens with one attached hydrogen (secondary N) is 1. The van der Waals surface area contributed by atoms with Crippen LogP contribution < -0.4 is 10.1 Å². The predicted octanol–water partition coefficient (Wildman–Crippen LogP) is 0.511. The highest BCUT2D eigenvalue weighted by Gasteiger charge is 2.11. The number of benzene rings is 1. The molecule has 88 valence electrons. The molecule has 1 aromatic rings. The lowest BCUT2D eigenvalue weighted by Gasteiger charge is -2.11. The second-order valence-corrected chi connectivity index (χ2v) is 3.44. The summed E-state index contributed by atoms with van der Waals surface area (Å²) in [6, 6.07) is 4.04. The van der Waals surface area contributed by atoms with Crippen LogP contribution in [-0.2, 0) is 0 Å². The summed E-state index contributed by atoms with van der Waals surface area (Å²) in [7, 11) is 1.43. The number of hydrogen-bond acceptors (Lipinski definition) is 4. The molecule has 5 nitrogen and oxygen atoms in total. The van der Waals surface area contributed by atoms with Crippen LogP contribution in [0.2, 0.25) is 0 Å². The van der Waals surface area contributed by atoms with Gasteiger partial charge in [0.25, 0.3) is 5.91 Å². The maximum Gasteiger partial charge on any atom is 0.251 e. The molecule has 16 heavy (non-hydrogen) atoms. The van der Waals surface area contributed by atoms with Gasteiger partial charge in [0, 0.05) is 11.6 Å². The number of methoxy groups -OCH3 is 1. The van der Waals surface area contributed by atoms with E-state index in [4.69, 9.17) is 9.84 Å². The van der Waals surface area contributed by atoms with Crippen LogP contribution in [0.5, 0.6) is 11.5 Å². The number of amides is 1. The number of aliphatic hydroxyl groups excluding tert-OH is 1. The number of carbonyl (C=O) groups excluding carboxylic acids is 1. The molecule has 0 aliphatic heterocycles. The zero-order valence-corrected chi connectivity index (χ0v) is 9.23. The van der Waals surface area contributed by atoms with Gasteiger partial charge in [-0.1, -0.05) is 0 Å². The summed E-state index contributed by atoms with van der Waals surface area (Å²) in [6.07, 6.45) is 0. The molecule has 1 amide bonds. The van der Waals surface area contributed by atoms with Crippen LogP contribution in [0.25, 0.3) is 0 Å². The monoisotopic (exact) mass is 225 g/mol. The van der Waals surface area contributed by atoms with Crippen molar-refractivity contribution in [3.63, 3.8) is 0 Å². The molecule has 1 atom stereocenters. The van der Waals surface area contributed by atoms with Crippen LogP contribution in [-0.4, -0.2) is 35.9 Å². The minimum atomic E-state index is -0.348. The summed E-state index contributed by atoms with van der Waals surface area (Å²) < 4.78 is 4.86. The van der Waals surface area contributed by atoms with Gasteiger partial charge >= 0.3 is 0 Å². The summed E-state index contributed by atoms with van der Waals surface area (Å²) in [6.45, 7) is 1.55. The van der Waals surface area contributed by atoms with Gasteiger partial charge in [-0.3, -0.25) is 4.79 Å². The van der Waals surface area contributed by atoms with Crippen LogP contribution in [0.1, 0.15) is 17.3 Å². The van der Waals surface area contributed by atoms with Crippen LogP contribution in [0.3, 0.4) is 0 Å². The SMILES string of the molecule is COc1ccc(C(=O)N[C@@H](C)CO)cc1O. The molecule has 0 saturated carbocycles. The average molecular weight is 225 g/mol. The molecule has 1 rings (SSSR count). The molecule has 0 aliphatic rings. The van der Waals surface area contributed by atoms with Crippen molar-refractivity contribution in [3.05, 3.63) is 23.8 Å². The number of aromatic hydroxyl groups is 1. The Kier molecular flexibility index (Phi) is 4.13. The molecule has 0 bridgehead atoms. The Labute approximate surface area is 93.7 Å². The first-order chi connectivity index (χ1) is 7.58. The molecule has 3 N–H and O–H groups in total. The third-order valence-electron chi connectivity index (χ3n) is 2.09. The van der Waals surface area contributed by atoms with Crippen LogP contribution in [0.4, 0.5) is 0 Å². The summed E-state index contributed by atoms with van der Waals surface area (Å²) in [5, 5.41) is 20.8. The normalized spacial score (nSPS) is 11.9. The van der Waals surface area contributed by atoms with E-state index in [1.165, 1.54) is 25.3 Å². The zero-order valence-electron chi connectivity index (χ0n) is 9.23. The van der Waals surface area contributed by atoms with Gasteiger partial charge in [0.05, 0.1) is 13.7 Å². The summed E-state index contributed by atoms with van der Waals surface area (Å²) in [5.74, 6) is -0.127. The van der Waals surface area contributed by atoms with Gasteiger partial charge in [0.1, 0.15) is 0 Å². The van der Waals surface area contributed by atoms with Crippen molar-refractivity contribution in [2.75, 3.05) is 13.7 Å². The molecule has 0 radical (unpaired) electrons. The first-order valence-electron chi connectivity index (χ1n) is 4.87. The fourth-order valence-electron chi connectivity index (χ4n) is 1.18. The standard InChI is InChI=1S/C11H15NO4/c1-7(6-13)12-11(15)8-3-4-10(16-2)9(14)5-8/h3-5,7,13-14H,6H2,1-2H3,(H,12,15)/t7-/m0/s1. The molecule has 0 fully saturated rings. The van der Waals surface area contributed by atoms with Gasteiger partial charge in [0.2, 0.25) is 0 Å². The van der Waals surface area contributed by atoms with Crippen molar-refractivity contribution < 1.29 is 19.7 Å². The highest BCUT2D eigenvalue weighted by Crippen LogP contribution is 2.26. The fraction of sp³-hybridized carbons (Fsp3) is 0.364. The lowest BCUT2D eigenvalue weighted by molar-refractivity contribution is 0.0922. The summed E-state index contributed by atoms with van der Waals surface area (Å²) in [4.78, 5) is 11.6. The number of rotatable bonds is 4. The second-order valence-electron chi connectivity index (χ2n) is 3.44. The average Bonchev–Trinajstić information content (AvgIpc) is 2.28. The van der Waals surface area contributed by atoms with Crippen LogP contribution in [0, 0.1) is 0 Å². The number of aliphatic hydroxyl groups is 1. The van der Waals surface area contributed by atoms with Crippen molar-refractivity contribution in [3.8, 4) is 11.5 Å². The van der Waals surface area contributed by atoms with E-state index in [1.807, 2.05) is 0 Å². The Morgan fingerprint density at radius 2 is 2.25 bits per heavy atom.